The fourth-order valence-electron chi connectivity index (χ4n) is 0.931. The van der Waals surface area contributed by atoms with Crippen LogP contribution in [0, 0.1) is 5.82 Å². The van der Waals surface area contributed by atoms with E-state index in [1.54, 1.807) is 6.92 Å². The van der Waals surface area contributed by atoms with Crippen molar-refractivity contribution in [1.29, 1.82) is 0 Å². The Kier molecular flexibility index (Phi) is 3.46. The molecule has 1 aromatic carbocycles. The largest absolute Gasteiger partial charge is 0.462 e. The van der Waals surface area contributed by atoms with Gasteiger partial charge in [-0.05, 0) is 35.0 Å². The zero-order valence-corrected chi connectivity index (χ0v) is 9.10. The lowest BCUT2D eigenvalue weighted by atomic mass is 10.2. The highest BCUT2D eigenvalue weighted by Crippen LogP contribution is 2.23. The quantitative estimate of drug-likeness (QED) is 0.657. The Balaban J connectivity index is 3.09. The van der Waals surface area contributed by atoms with E-state index in [1.165, 1.54) is 6.07 Å². The van der Waals surface area contributed by atoms with E-state index in [9.17, 15) is 9.18 Å². The summed E-state index contributed by atoms with van der Waals surface area (Å²) in [6, 6.07) is 2.39. The Morgan fingerprint density at radius 2 is 2.29 bits per heavy atom. The Bertz CT molecular complexity index is 368. The third-order valence-electron chi connectivity index (χ3n) is 1.58. The van der Waals surface area contributed by atoms with Crippen LogP contribution in [0.25, 0.3) is 0 Å². The lowest BCUT2D eigenvalue weighted by Crippen LogP contribution is -2.08. The smallest absolute Gasteiger partial charge is 0.341 e. The minimum Gasteiger partial charge on any atom is -0.462 e. The highest BCUT2D eigenvalue weighted by Gasteiger charge is 2.14. The molecule has 3 nitrogen and oxygen atoms in total. The lowest BCUT2D eigenvalue weighted by Gasteiger charge is -2.05. The molecule has 0 bridgehead atoms. The number of anilines is 1. The van der Waals surface area contributed by atoms with E-state index in [2.05, 4.69) is 20.7 Å². The molecule has 1 aromatic rings. The van der Waals surface area contributed by atoms with Crippen molar-refractivity contribution in [3.8, 4) is 0 Å². The van der Waals surface area contributed by atoms with Gasteiger partial charge in [0.15, 0.2) is 0 Å². The van der Waals surface area contributed by atoms with Gasteiger partial charge in [-0.2, -0.15) is 0 Å². The maximum Gasteiger partial charge on any atom is 0.341 e. The summed E-state index contributed by atoms with van der Waals surface area (Å²) in [5, 5.41) is 0. The topological polar surface area (TPSA) is 52.3 Å². The van der Waals surface area contributed by atoms with E-state index < -0.39 is 11.8 Å². The number of esters is 1. The molecule has 1 rings (SSSR count). The fraction of sp³-hybridized carbons (Fsp3) is 0.222. The summed E-state index contributed by atoms with van der Waals surface area (Å²) in [5.41, 5.74) is 5.66. The number of ether oxygens (including phenoxy) is 1. The minimum absolute atomic E-state index is 0.146. The van der Waals surface area contributed by atoms with Crippen LogP contribution in [0.2, 0.25) is 0 Å². The van der Waals surface area contributed by atoms with Crippen LogP contribution < -0.4 is 5.73 Å². The van der Waals surface area contributed by atoms with E-state index in [1.807, 2.05) is 0 Å². The van der Waals surface area contributed by atoms with Crippen LogP contribution in [-0.4, -0.2) is 12.6 Å². The zero-order valence-electron chi connectivity index (χ0n) is 7.51. The molecule has 76 valence electrons. The number of halogens is 2. The van der Waals surface area contributed by atoms with Crippen molar-refractivity contribution in [2.75, 3.05) is 12.3 Å². The maximum atomic E-state index is 13.2. The molecular weight excluding hydrogens is 253 g/mol. The number of nitrogens with two attached hydrogens (primary N) is 1. The van der Waals surface area contributed by atoms with E-state index in [0.717, 1.165) is 6.07 Å². The normalized spacial score (nSPS) is 9.93. The van der Waals surface area contributed by atoms with Gasteiger partial charge in [-0.1, -0.05) is 0 Å². The molecule has 0 radical (unpaired) electrons. The average molecular weight is 262 g/mol. The van der Waals surface area contributed by atoms with Crippen molar-refractivity contribution in [3.05, 3.63) is 28.0 Å². The van der Waals surface area contributed by atoms with Crippen molar-refractivity contribution in [1.82, 2.24) is 0 Å². The summed E-state index contributed by atoms with van der Waals surface area (Å²) in [6.07, 6.45) is 0. The number of carbonyl (C=O) groups excluding carboxylic acids is 1. The predicted molar refractivity (Wildman–Crippen MR) is 54.5 cm³/mol. The number of carbonyl (C=O) groups is 1. The van der Waals surface area contributed by atoms with Gasteiger partial charge in [0.2, 0.25) is 0 Å². The molecule has 0 aliphatic rings. The average Bonchev–Trinajstić information content (AvgIpc) is 2.11. The molecule has 2 N–H and O–H groups in total. The number of hydrogen-bond acceptors (Lipinski definition) is 3. The summed E-state index contributed by atoms with van der Waals surface area (Å²) in [4.78, 5) is 11.2. The Morgan fingerprint density at radius 3 is 2.86 bits per heavy atom. The second-order valence-corrected chi connectivity index (χ2v) is 3.43. The number of hydrogen-bond donors (Lipinski definition) is 1. The van der Waals surface area contributed by atoms with Gasteiger partial charge in [-0.15, -0.1) is 0 Å². The molecule has 0 atom stereocenters. The maximum absolute atomic E-state index is 13.2. The summed E-state index contributed by atoms with van der Waals surface area (Å²) < 4.78 is 18.3. The monoisotopic (exact) mass is 261 g/mol. The second kappa shape index (κ2) is 4.41. The lowest BCUT2D eigenvalue weighted by molar-refractivity contribution is 0.0521. The van der Waals surface area contributed by atoms with Gasteiger partial charge < -0.3 is 10.5 Å². The third kappa shape index (κ3) is 2.23. The van der Waals surface area contributed by atoms with Crippen LogP contribution in [0.4, 0.5) is 10.1 Å². The van der Waals surface area contributed by atoms with Crippen LogP contribution in [0.3, 0.4) is 0 Å². The molecule has 0 saturated carbocycles. The van der Waals surface area contributed by atoms with E-state index in [4.69, 9.17) is 5.73 Å². The highest BCUT2D eigenvalue weighted by atomic mass is 79.9. The first-order chi connectivity index (χ1) is 6.56. The predicted octanol–water partition coefficient (Wildman–Crippen LogP) is 2.35. The van der Waals surface area contributed by atoms with Gasteiger partial charge in [0.25, 0.3) is 0 Å². The van der Waals surface area contributed by atoms with Crippen LogP contribution in [-0.2, 0) is 4.74 Å². The molecule has 0 spiro atoms. The molecule has 0 amide bonds. The van der Waals surface area contributed by atoms with Crippen LogP contribution in [0.5, 0.6) is 0 Å². The molecule has 0 unspecified atom stereocenters. The highest BCUT2D eigenvalue weighted by molar-refractivity contribution is 9.10. The molecular formula is C9H9BrFNO2. The molecule has 0 fully saturated rings. The van der Waals surface area contributed by atoms with Crippen LogP contribution in [0.15, 0.2) is 16.6 Å². The summed E-state index contributed by atoms with van der Waals surface area (Å²) in [6.45, 7) is 1.85. The van der Waals surface area contributed by atoms with E-state index in [-0.39, 0.29) is 12.2 Å². The van der Waals surface area contributed by atoms with Crippen molar-refractivity contribution >= 4 is 27.6 Å². The molecule has 14 heavy (non-hydrogen) atoms. The molecule has 0 aromatic heterocycles. The van der Waals surface area contributed by atoms with Crippen molar-refractivity contribution in [3.63, 3.8) is 0 Å². The van der Waals surface area contributed by atoms with Crippen molar-refractivity contribution in [2.24, 2.45) is 0 Å². The standard InChI is InChI=1S/C9H9BrFNO2/c1-2-14-9(13)5-3-8(12)6(10)4-7(5)11/h3-4H,2,12H2,1H3. The van der Waals surface area contributed by atoms with Gasteiger partial charge in [0.05, 0.1) is 12.2 Å². The Hall–Kier alpha value is -1.10. The molecule has 5 heteroatoms. The van der Waals surface area contributed by atoms with Gasteiger partial charge in [0.1, 0.15) is 5.82 Å². The number of nitrogen functional groups attached to an aromatic ring is 1. The first-order valence-electron chi connectivity index (χ1n) is 3.98. The summed E-state index contributed by atoms with van der Waals surface area (Å²) in [7, 11) is 0. The summed E-state index contributed by atoms with van der Waals surface area (Å²) in [5.74, 6) is -1.35. The van der Waals surface area contributed by atoms with Crippen molar-refractivity contribution in [2.45, 2.75) is 6.92 Å². The van der Waals surface area contributed by atoms with Crippen molar-refractivity contribution < 1.29 is 13.9 Å². The second-order valence-electron chi connectivity index (χ2n) is 2.57. The van der Waals surface area contributed by atoms with Gasteiger partial charge >= 0.3 is 5.97 Å². The molecule has 0 heterocycles. The number of rotatable bonds is 2. The first kappa shape index (κ1) is 11.0. The Morgan fingerprint density at radius 1 is 1.64 bits per heavy atom. The van der Waals surface area contributed by atoms with Crippen LogP contribution in [0.1, 0.15) is 17.3 Å². The van der Waals surface area contributed by atoms with Gasteiger partial charge in [-0.3, -0.25) is 0 Å². The zero-order chi connectivity index (χ0) is 10.7. The molecule has 0 saturated heterocycles. The number of benzene rings is 1. The van der Waals surface area contributed by atoms with E-state index in [0.29, 0.717) is 10.2 Å². The fourth-order valence-corrected chi connectivity index (χ4v) is 1.25. The Labute approximate surface area is 89.2 Å². The third-order valence-corrected chi connectivity index (χ3v) is 2.27. The molecule has 0 aliphatic carbocycles. The molecule has 0 aliphatic heterocycles. The minimum atomic E-state index is -0.704. The van der Waals surface area contributed by atoms with Crippen LogP contribution >= 0.6 is 15.9 Å². The SMILES string of the molecule is CCOC(=O)c1cc(N)c(Br)cc1F. The van der Waals surface area contributed by atoms with E-state index >= 15 is 0 Å². The van der Waals surface area contributed by atoms with Gasteiger partial charge in [-0.25, -0.2) is 9.18 Å². The first-order valence-corrected chi connectivity index (χ1v) is 4.77. The summed E-state index contributed by atoms with van der Waals surface area (Å²) >= 11 is 3.05. The van der Waals surface area contributed by atoms with Gasteiger partial charge in [0, 0.05) is 10.2 Å².